The Morgan fingerprint density at radius 1 is 1.03 bits per heavy atom. The lowest BCUT2D eigenvalue weighted by Gasteiger charge is -2.27. The van der Waals surface area contributed by atoms with Gasteiger partial charge in [-0.15, -0.1) is 0 Å². The van der Waals surface area contributed by atoms with Gasteiger partial charge in [0, 0.05) is 32.7 Å². The number of hydrogen-bond acceptors (Lipinski definition) is 4. The molecule has 1 fully saturated rings. The molecule has 0 bridgehead atoms. The second-order valence-electron chi connectivity index (χ2n) is 7.05. The number of methoxy groups -OCH3 is 1. The predicted octanol–water partition coefficient (Wildman–Crippen LogP) is 2.78. The van der Waals surface area contributed by atoms with E-state index >= 15 is 0 Å². The molecule has 0 spiro atoms. The summed E-state index contributed by atoms with van der Waals surface area (Å²) in [6.07, 6.45) is 0. The van der Waals surface area contributed by atoms with Crippen LogP contribution in [0.2, 0.25) is 0 Å². The van der Waals surface area contributed by atoms with E-state index in [0.717, 1.165) is 63.2 Å². The maximum Gasteiger partial charge on any atom is 0.191 e. The minimum absolute atomic E-state index is 0.620. The van der Waals surface area contributed by atoms with Crippen molar-refractivity contribution in [3.8, 4) is 5.75 Å². The van der Waals surface area contributed by atoms with E-state index in [4.69, 9.17) is 14.5 Å². The fraction of sp³-hybridized carbons (Fsp3) is 0.435. The Morgan fingerprint density at radius 3 is 2.45 bits per heavy atom. The smallest absolute Gasteiger partial charge is 0.191 e. The van der Waals surface area contributed by atoms with Crippen LogP contribution in [0.15, 0.2) is 53.5 Å². The van der Waals surface area contributed by atoms with E-state index < -0.39 is 0 Å². The highest BCUT2D eigenvalue weighted by Gasteiger charge is 2.12. The molecule has 2 aromatic carbocycles. The van der Waals surface area contributed by atoms with Gasteiger partial charge in [-0.05, 0) is 35.7 Å². The molecule has 0 atom stereocenters. The van der Waals surface area contributed by atoms with Crippen LogP contribution in [0.5, 0.6) is 5.75 Å². The number of rotatable bonds is 8. The Kier molecular flexibility index (Phi) is 8.34. The molecule has 1 saturated heterocycles. The van der Waals surface area contributed by atoms with Crippen molar-refractivity contribution in [2.75, 3.05) is 40.0 Å². The summed E-state index contributed by atoms with van der Waals surface area (Å²) in [6, 6.07) is 16.6. The first-order chi connectivity index (χ1) is 14.3. The quantitative estimate of drug-likeness (QED) is 0.531. The molecule has 0 aromatic heterocycles. The highest BCUT2D eigenvalue weighted by Crippen LogP contribution is 2.14. The monoisotopic (exact) mass is 396 g/mol. The molecule has 6 heteroatoms. The van der Waals surface area contributed by atoms with Crippen molar-refractivity contribution >= 4 is 5.96 Å². The summed E-state index contributed by atoms with van der Waals surface area (Å²) in [5, 5.41) is 6.81. The van der Waals surface area contributed by atoms with Gasteiger partial charge in [-0.3, -0.25) is 4.90 Å². The summed E-state index contributed by atoms with van der Waals surface area (Å²) in [7, 11) is 1.68. The van der Waals surface area contributed by atoms with Gasteiger partial charge in [0.05, 0.1) is 26.9 Å². The van der Waals surface area contributed by atoms with E-state index in [9.17, 15) is 0 Å². The van der Waals surface area contributed by atoms with Gasteiger partial charge in [0.1, 0.15) is 5.75 Å². The summed E-state index contributed by atoms with van der Waals surface area (Å²) >= 11 is 0. The predicted molar refractivity (Wildman–Crippen MR) is 117 cm³/mol. The first-order valence-corrected chi connectivity index (χ1v) is 10.3. The SMILES string of the molecule is CCNC(=NCc1ccc(OC)cc1)NCc1ccccc1CN1CCOCC1. The summed E-state index contributed by atoms with van der Waals surface area (Å²) < 4.78 is 10.7. The van der Waals surface area contributed by atoms with Crippen molar-refractivity contribution in [1.29, 1.82) is 0 Å². The maximum absolute atomic E-state index is 5.46. The van der Waals surface area contributed by atoms with Crippen molar-refractivity contribution in [3.05, 3.63) is 65.2 Å². The number of nitrogens with one attached hydrogen (secondary N) is 2. The average molecular weight is 397 g/mol. The zero-order valence-electron chi connectivity index (χ0n) is 17.5. The van der Waals surface area contributed by atoms with Crippen LogP contribution in [-0.4, -0.2) is 50.8 Å². The number of benzene rings is 2. The largest absolute Gasteiger partial charge is 0.497 e. The fourth-order valence-electron chi connectivity index (χ4n) is 3.31. The maximum atomic E-state index is 5.46. The summed E-state index contributed by atoms with van der Waals surface area (Å²) in [5.74, 6) is 1.68. The molecule has 0 amide bonds. The average Bonchev–Trinajstić information content (AvgIpc) is 2.77. The Balaban J connectivity index is 1.60. The molecule has 1 heterocycles. The van der Waals surface area contributed by atoms with Crippen LogP contribution >= 0.6 is 0 Å². The lowest BCUT2D eigenvalue weighted by molar-refractivity contribution is 0.0341. The van der Waals surface area contributed by atoms with Crippen molar-refractivity contribution in [3.63, 3.8) is 0 Å². The zero-order valence-corrected chi connectivity index (χ0v) is 17.5. The molecule has 1 aliphatic heterocycles. The van der Waals surface area contributed by atoms with E-state index in [1.165, 1.54) is 11.1 Å². The fourth-order valence-corrected chi connectivity index (χ4v) is 3.31. The van der Waals surface area contributed by atoms with Crippen molar-refractivity contribution in [1.82, 2.24) is 15.5 Å². The second-order valence-corrected chi connectivity index (χ2v) is 7.05. The molecular formula is C23H32N4O2. The van der Waals surface area contributed by atoms with Crippen LogP contribution in [0, 0.1) is 0 Å². The highest BCUT2D eigenvalue weighted by atomic mass is 16.5. The summed E-state index contributed by atoms with van der Waals surface area (Å²) in [5.41, 5.74) is 3.80. The Morgan fingerprint density at radius 2 is 1.76 bits per heavy atom. The number of ether oxygens (including phenoxy) is 2. The molecule has 0 aliphatic carbocycles. The van der Waals surface area contributed by atoms with Crippen LogP contribution < -0.4 is 15.4 Å². The topological polar surface area (TPSA) is 58.1 Å². The van der Waals surface area contributed by atoms with Gasteiger partial charge in [-0.1, -0.05) is 36.4 Å². The second kappa shape index (κ2) is 11.4. The Labute approximate surface area is 173 Å². The molecule has 2 N–H and O–H groups in total. The third-order valence-electron chi connectivity index (χ3n) is 4.99. The lowest BCUT2D eigenvalue weighted by Crippen LogP contribution is -2.38. The van der Waals surface area contributed by atoms with Gasteiger partial charge >= 0.3 is 0 Å². The first kappa shape index (κ1) is 21.1. The van der Waals surface area contributed by atoms with Crippen LogP contribution in [0.3, 0.4) is 0 Å². The molecule has 0 unspecified atom stereocenters. The highest BCUT2D eigenvalue weighted by molar-refractivity contribution is 5.79. The van der Waals surface area contributed by atoms with Crippen molar-refractivity contribution in [2.24, 2.45) is 4.99 Å². The molecule has 2 aromatic rings. The van der Waals surface area contributed by atoms with E-state index in [0.29, 0.717) is 6.54 Å². The van der Waals surface area contributed by atoms with Gasteiger partial charge < -0.3 is 20.1 Å². The third-order valence-corrected chi connectivity index (χ3v) is 4.99. The third kappa shape index (κ3) is 6.76. The van der Waals surface area contributed by atoms with Gasteiger partial charge in [0.15, 0.2) is 5.96 Å². The standard InChI is InChI=1S/C23H32N4O2/c1-3-24-23(25-16-19-8-10-22(28-2)11-9-19)26-17-20-6-4-5-7-21(20)18-27-12-14-29-15-13-27/h4-11H,3,12-18H2,1-2H3,(H2,24,25,26). The summed E-state index contributed by atoms with van der Waals surface area (Å²) in [4.78, 5) is 7.18. The summed E-state index contributed by atoms with van der Waals surface area (Å²) in [6.45, 7) is 8.86. The molecular weight excluding hydrogens is 364 g/mol. The van der Waals surface area contributed by atoms with Crippen molar-refractivity contribution < 1.29 is 9.47 Å². The number of guanidine groups is 1. The van der Waals surface area contributed by atoms with E-state index in [1.54, 1.807) is 7.11 Å². The molecule has 0 saturated carbocycles. The van der Waals surface area contributed by atoms with Crippen LogP contribution in [0.25, 0.3) is 0 Å². The van der Waals surface area contributed by atoms with E-state index in [2.05, 4.69) is 46.7 Å². The Hall–Kier alpha value is -2.57. The number of hydrogen-bond donors (Lipinski definition) is 2. The number of morpholine rings is 1. The number of aliphatic imine (C=N–C) groups is 1. The van der Waals surface area contributed by atoms with Crippen LogP contribution in [0.1, 0.15) is 23.6 Å². The normalized spacial score (nSPS) is 15.2. The molecule has 156 valence electrons. The first-order valence-electron chi connectivity index (χ1n) is 10.3. The molecule has 1 aliphatic rings. The minimum Gasteiger partial charge on any atom is -0.497 e. The van der Waals surface area contributed by atoms with Gasteiger partial charge in [-0.2, -0.15) is 0 Å². The molecule has 3 rings (SSSR count). The van der Waals surface area contributed by atoms with E-state index in [-0.39, 0.29) is 0 Å². The Bertz CT molecular complexity index is 771. The lowest BCUT2D eigenvalue weighted by atomic mass is 10.1. The van der Waals surface area contributed by atoms with E-state index in [1.807, 2.05) is 24.3 Å². The molecule has 0 radical (unpaired) electrons. The van der Waals surface area contributed by atoms with Crippen LogP contribution in [-0.2, 0) is 24.4 Å². The molecule has 29 heavy (non-hydrogen) atoms. The minimum atomic E-state index is 0.620. The van der Waals surface area contributed by atoms with Crippen LogP contribution in [0.4, 0.5) is 0 Å². The molecule has 6 nitrogen and oxygen atoms in total. The number of nitrogens with zero attached hydrogens (tertiary/aromatic N) is 2. The van der Waals surface area contributed by atoms with Gasteiger partial charge in [0.25, 0.3) is 0 Å². The van der Waals surface area contributed by atoms with Crippen molar-refractivity contribution in [2.45, 2.75) is 26.6 Å². The van der Waals surface area contributed by atoms with Gasteiger partial charge in [-0.25, -0.2) is 4.99 Å². The zero-order chi connectivity index (χ0) is 20.3. The van der Waals surface area contributed by atoms with Gasteiger partial charge in [0.2, 0.25) is 0 Å².